The van der Waals surface area contributed by atoms with Crippen molar-refractivity contribution in [2.75, 3.05) is 16.8 Å². The van der Waals surface area contributed by atoms with E-state index in [-0.39, 0.29) is 0 Å². The normalized spacial score (nSPS) is 21.8. The summed E-state index contributed by atoms with van der Waals surface area (Å²) < 4.78 is 1.16. The zero-order valence-electron chi connectivity index (χ0n) is 7.29. The maximum atomic E-state index is 3.54. The first-order valence-electron chi connectivity index (χ1n) is 4.45. The van der Waals surface area contributed by atoms with Gasteiger partial charge in [0.2, 0.25) is 0 Å². The number of hydrogen-bond acceptors (Lipinski definition) is 2. The molecule has 2 rings (SSSR count). The summed E-state index contributed by atoms with van der Waals surface area (Å²) in [5.41, 5.74) is 1.22. The molecule has 1 N–H and O–H groups in total. The molecule has 1 saturated heterocycles. The third-order valence-corrected chi connectivity index (χ3v) is 4.02. The highest BCUT2D eigenvalue weighted by Crippen LogP contribution is 2.26. The monoisotopic (exact) mass is 257 g/mol. The number of thioether (sulfide) groups is 1. The van der Waals surface area contributed by atoms with Gasteiger partial charge in [0.25, 0.3) is 0 Å². The summed E-state index contributed by atoms with van der Waals surface area (Å²) in [6.45, 7) is 0. The van der Waals surface area contributed by atoms with Gasteiger partial charge in [-0.15, -0.1) is 0 Å². The minimum Gasteiger partial charge on any atom is -0.381 e. The molecule has 70 valence electrons. The lowest BCUT2D eigenvalue weighted by molar-refractivity contribution is 0.812. The Bertz CT molecular complexity index is 284. The van der Waals surface area contributed by atoms with E-state index in [4.69, 9.17) is 0 Å². The van der Waals surface area contributed by atoms with Crippen LogP contribution in [0.5, 0.6) is 0 Å². The average molecular weight is 258 g/mol. The zero-order valence-corrected chi connectivity index (χ0v) is 9.70. The van der Waals surface area contributed by atoms with E-state index in [0.29, 0.717) is 6.04 Å². The molecular formula is C10H12BrNS. The van der Waals surface area contributed by atoms with Crippen molar-refractivity contribution in [1.29, 1.82) is 0 Å². The van der Waals surface area contributed by atoms with Crippen molar-refractivity contribution < 1.29 is 0 Å². The molecule has 1 aliphatic rings. The van der Waals surface area contributed by atoms with E-state index in [1.54, 1.807) is 0 Å². The summed E-state index contributed by atoms with van der Waals surface area (Å²) in [6.07, 6.45) is 1.28. The van der Waals surface area contributed by atoms with Crippen LogP contribution in [-0.2, 0) is 0 Å². The Kier molecular flexibility index (Phi) is 3.17. The molecule has 1 unspecified atom stereocenters. The first-order chi connectivity index (χ1) is 6.36. The lowest BCUT2D eigenvalue weighted by Gasteiger charge is -2.13. The third-order valence-electron chi connectivity index (χ3n) is 2.16. The van der Waals surface area contributed by atoms with Gasteiger partial charge in [-0.2, -0.15) is 11.8 Å². The van der Waals surface area contributed by atoms with Gasteiger partial charge in [0.1, 0.15) is 0 Å². The van der Waals surface area contributed by atoms with Crippen LogP contribution in [0.4, 0.5) is 5.69 Å². The molecule has 1 atom stereocenters. The van der Waals surface area contributed by atoms with Crippen LogP contribution in [0, 0.1) is 0 Å². The summed E-state index contributed by atoms with van der Waals surface area (Å²) in [5, 5.41) is 3.54. The number of halogens is 1. The number of benzene rings is 1. The molecule has 0 radical (unpaired) electrons. The summed E-state index contributed by atoms with van der Waals surface area (Å²) in [6, 6.07) is 8.95. The predicted octanol–water partition coefficient (Wildman–Crippen LogP) is 3.37. The molecule has 1 aromatic rings. The van der Waals surface area contributed by atoms with Crippen LogP contribution in [-0.4, -0.2) is 17.5 Å². The highest BCUT2D eigenvalue weighted by atomic mass is 79.9. The smallest absolute Gasteiger partial charge is 0.0487 e. The summed E-state index contributed by atoms with van der Waals surface area (Å²) in [5.74, 6) is 2.53. The summed E-state index contributed by atoms with van der Waals surface area (Å²) in [4.78, 5) is 0. The van der Waals surface area contributed by atoms with Crippen molar-refractivity contribution in [1.82, 2.24) is 0 Å². The van der Waals surface area contributed by atoms with Gasteiger partial charge in [0.15, 0.2) is 0 Å². The fourth-order valence-corrected chi connectivity index (χ4v) is 3.00. The van der Waals surface area contributed by atoms with E-state index in [2.05, 4.69) is 39.4 Å². The van der Waals surface area contributed by atoms with Crippen LogP contribution >= 0.6 is 27.7 Å². The molecule has 13 heavy (non-hydrogen) atoms. The van der Waals surface area contributed by atoms with Crippen molar-refractivity contribution in [3.63, 3.8) is 0 Å². The van der Waals surface area contributed by atoms with Crippen molar-refractivity contribution in [3.05, 3.63) is 28.7 Å². The first kappa shape index (κ1) is 9.41. The maximum Gasteiger partial charge on any atom is 0.0487 e. The number of nitrogens with one attached hydrogen (secondary N) is 1. The van der Waals surface area contributed by atoms with E-state index in [1.807, 2.05) is 17.8 Å². The Morgan fingerprint density at radius 3 is 2.92 bits per heavy atom. The number of anilines is 1. The lowest BCUT2D eigenvalue weighted by atomic mass is 10.2. The van der Waals surface area contributed by atoms with Crippen molar-refractivity contribution in [2.24, 2.45) is 0 Å². The Morgan fingerprint density at radius 1 is 1.38 bits per heavy atom. The van der Waals surface area contributed by atoms with Crippen LogP contribution in [0.2, 0.25) is 0 Å². The molecule has 1 nitrogen and oxygen atoms in total. The highest BCUT2D eigenvalue weighted by Gasteiger charge is 2.15. The molecular weight excluding hydrogens is 246 g/mol. The standard InChI is InChI=1S/C10H12BrNS/c11-9-3-1-2-4-10(9)12-8-5-6-13-7-8/h1-4,8,12H,5-7H2. The van der Waals surface area contributed by atoms with Crippen molar-refractivity contribution >= 4 is 33.4 Å². The van der Waals surface area contributed by atoms with Gasteiger partial charge in [0.05, 0.1) is 0 Å². The second-order valence-corrected chi connectivity index (χ2v) is 5.19. The Morgan fingerprint density at radius 2 is 2.23 bits per heavy atom. The maximum absolute atomic E-state index is 3.54. The van der Waals surface area contributed by atoms with Crippen LogP contribution in [0.1, 0.15) is 6.42 Å². The Balaban J connectivity index is 2.04. The van der Waals surface area contributed by atoms with E-state index in [1.165, 1.54) is 23.6 Å². The molecule has 0 spiro atoms. The molecule has 0 saturated carbocycles. The van der Waals surface area contributed by atoms with Gasteiger partial charge in [-0.1, -0.05) is 12.1 Å². The minimum absolute atomic E-state index is 0.656. The molecule has 0 amide bonds. The molecule has 1 aromatic carbocycles. The highest BCUT2D eigenvalue weighted by molar-refractivity contribution is 9.10. The zero-order chi connectivity index (χ0) is 9.10. The molecule has 0 aromatic heterocycles. The Labute approximate surface area is 91.4 Å². The van der Waals surface area contributed by atoms with E-state index >= 15 is 0 Å². The number of para-hydroxylation sites is 1. The van der Waals surface area contributed by atoms with Gasteiger partial charge >= 0.3 is 0 Å². The third kappa shape index (κ3) is 2.41. The second-order valence-electron chi connectivity index (χ2n) is 3.18. The average Bonchev–Trinajstić information content (AvgIpc) is 2.61. The SMILES string of the molecule is Brc1ccccc1NC1CCSC1. The number of hydrogen-bond donors (Lipinski definition) is 1. The predicted molar refractivity (Wildman–Crippen MR) is 63.5 cm³/mol. The molecule has 3 heteroatoms. The van der Waals surface area contributed by atoms with E-state index in [9.17, 15) is 0 Å². The molecule has 0 bridgehead atoms. The topological polar surface area (TPSA) is 12.0 Å². The van der Waals surface area contributed by atoms with E-state index < -0.39 is 0 Å². The minimum atomic E-state index is 0.656. The quantitative estimate of drug-likeness (QED) is 0.872. The van der Waals surface area contributed by atoms with Crippen LogP contribution in [0.25, 0.3) is 0 Å². The molecule has 0 aliphatic carbocycles. The largest absolute Gasteiger partial charge is 0.381 e. The summed E-state index contributed by atoms with van der Waals surface area (Å²) in [7, 11) is 0. The van der Waals surface area contributed by atoms with Gasteiger partial charge in [-0.05, 0) is 40.2 Å². The fourth-order valence-electron chi connectivity index (χ4n) is 1.45. The molecule has 1 heterocycles. The molecule has 1 fully saturated rings. The fraction of sp³-hybridized carbons (Fsp3) is 0.400. The van der Waals surface area contributed by atoms with Gasteiger partial charge in [-0.25, -0.2) is 0 Å². The number of rotatable bonds is 2. The van der Waals surface area contributed by atoms with Crippen LogP contribution in [0.3, 0.4) is 0 Å². The van der Waals surface area contributed by atoms with E-state index in [0.717, 1.165) is 4.47 Å². The lowest BCUT2D eigenvalue weighted by Crippen LogP contribution is -2.18. The van der Waals surface area contributed by atoms with Gasteiger partial charge < -0.3 is 5.32 Å². The van der Waals surface area contributed by atoms with Crippen molar-refractivity contribution in [2.45, 2.75) is 12.5 Å². The van der Waals surface area contributed by atoms with Crippen LogP contribution in [0.15, 0.2) is 28.7 Å². The van der Waals surface area contributed by atoms with Gasteiger partial charge in [-0.3, -0.25) is 0 Å². The van der Waals surface area contributed by atoms with Crippen molar-refractivity contribution in [3.8, 4) is 0 Å². The molecule has 1 aliphatic heterocycles. The Hall–Kier alpha value is -0.150. The second kappa shape index (κ2) is 4.38. The summed E-state index contributed by atoms with van der Waals surface area (Å²) >= 11 is 5.56. The van der Waals surface area contributed by atoms with Gasteiger partial charge in [0, 0.05) is 22.0 Å². The first-order valence-corrected chi connectivity index (χ1v) is 6.40. The van der Waals surface area contributed by atoms with Crippen LogP contribution < -0.4 is 5.32 Å².